The molecule has 0 saturated carbocycles. The Kier molecular flexibility index (Phi) is 6.15. The molecule has 0 aliphatic carbocycles. The summed E-state index contributed by atoms with van der Waals surface area (Å²) in [5, 5.41) is 10.00. The van der Waals surface area contributed by atoms with E-state index in [9.17, 15) is 4.21 Å². The lowest BCUT2D eigenvalue weighted by Crippen LogP contribution is -2.49. The van der Waals surface area contributed by atoms with Crippen molar-refractivity contribution >= 4 is 37.8 Å². The summed E-state index contributed by atoms with van der Waals surface area (Å²) in [7, 11) is -0.585. The SMILES string of the molecule is Cc1nn(C)cc1-c1nccc(Nc2cc3c(C(C)C)ccc(N4CC(CS(C)(=N)=O)C4)c3cn2)n1. The molecule has 5 rings (SSSR count). The lowest BCUT2D eigenvalue weighted by atomic mass is 9.93. The van der Waals surface area contributed by atoms with E-state index in [0.717, 1.165) is 46.6 Å². The number of fused-ring (bicyclic) bond motifs is 1. The number of aryl methyl sites for hydroxylation is 2. The van der Waals surface area contributed by atoms with Gasteiger partial charge in [-0.25, -0.2) is 15.0 Å². The van der Waals surface area contributed by atoms with Gasteiger partial charge in [-0.3, -0.25) is 13.7 Å². The van der Waals surface area contributed by atoms with Gasteiger partial charge in [-0.1, -0.05) is 19.9 Å². The summed E-state index contributed by atoms with van der Waals surface area (Å²) in [6.07, 6.45) is 7.11. The van der Waals surface area contributed by atoms with Crippen molar-refractivity contribution in [2.75, 3.05) is 35.3 Å². The molecule has 0 radical (unpaired) electrons. The number of benzene rings is 1. The highest BCUT2D eigenvalue weighted by molar-refractivity contribution is 7.91. The van der Waals surface area contributed by atoms with Gasteiger partial charge in [0.2, 0.25) is 0 Å². The monoisotopic (exact) mass is 504 g/mol. The number of aromatic nitrogens is 5. The highest BCUT2D eigenvalue weighted by atomic mass is 32.2. The Morgan fingerprint density at radius 3 is 2.61 bits per heavy atom. The van der Waals surface area contributed by atoms with Crippen molar-refractivity contribution in [2.24, 2.45) is 13.0 Å². The van der Waals surface area contributed by atoms with E-state index >= 15 is 0 Å². The van der Waals surface area contributed by atoms with Gasteiger partial charge in [-0.15, -0.1) is 0 Å². The van der Waals surface area contributed by atoms with Crippen LogP contribution in [0.25, 0.3) is 22.2 Å². The van der Waals surface area contributed by atoms with Crippen LogP contribution >= 0.6 is 0 Å². The standard InChI is InChI=1S/C26H32N8OS/c1-16(2)19-6-7-23(34-12-18(13-34)15-36(5,27)35)21-11-29-25(10-20(19)21)30-24-8-9-28-26(31-24)22-14-33(4)32-17(22)3/h6-11,14,16,18,27H,12-13,15H2,1-5H3,(H,28,29,30,31). The molecule has 1 fully saturated rings. The predicted molar refractivity (Wildman–Crippen MR) is 145 cm³/mol. The molecule has 36 heavy (non-hydrogen) atoms. The molecule has 4 heterocycles. The molecule has 1 aromatic carbocycles. The van der Waals surface area contributed by atoms with Crippen molar-refractivity contribution in [1.82, 2.24) is 24.7 Å². The number of rotatable bonds is 7. The summed E-state index contributed by atoms with van der Waals surface area (Å²) in [5.41, 5.74) is 4.17. The highest BCUT2D eigenvalue weighted by Crippen LogP contribution is 2.37. The molecule has 4 aromatic rings. The third kappa shape index (κ3) is 4.90. The maximum absolute atomic E-state index is 11.9. The molecule has 0 spiro atoms. The van der Waals surface area contributed by atoms with Crippen molar-refractivity contribution in [1.29, 1.82) is 4.78 Å². The normalized spacial score (nSPS) is 15.8. The van der Waals surface area contributed by atoms with Gasteiger partial charge in [0.25, 0.3) is 0 Å². The summed E-state index contributed by atoms with van der Waals surface area (Å²) >= 11 is 0. The molecule has 188 valence electrons. The van der Waals surface area contributed by atoms with E-state index in [1.54, 1.807) is 10.9 Å². The van der Waals surface area contributed by atoms with Crippen LogP contribution in [-0.2, 0) is 16.8 Å². The lowest BCUT2D eigenvalue weighted by molar-refractivity contribution is 0.451. The fraction of sp³-hybridized carbons (Fsp3) is 0.385. The molecular formula is C26H32N8OS. The zero-order chi connectivity index (χ0) is 25.6. The molecule has 1 aliphatic rings. The van der Waals surface area contributed by atoms with Crippen molar-refractivity contribution < 1.29 is 4.21 Å². The molecule has 10 heteroatoms. The molecule has 2 N–H and O–H groups in total. The van der Waals surface area contributed by atoms with Crippen LogP contribution in [0.2, 0.25) is 0 Å². The molecule has 3 aromatic heterocycles. The summed E-state index contributed by atoms with van der Waals surface area (Å²) in [5.74, 6) is 3.11. The van der Waals surface area contributed by atoms with E-state index in [-0.39, 0.29) is 0 Å². The van der Waals surface area contributed by atoms with Crippen molar-refractivity contribution in [3.05, 3.63) is 54.1 Å². The maximum atomic E-state index is 11.9. The minimum Gasteiger partial charge on any atom is -0.370 e. The number of nitrogens with one attached hydrogen (secondary N) is 2. The minimum atomic E-state index is -2.47. The van der Waals surface area contributed by atoms with Crippen LogP contribution in [0, 0.1) is 17.6 Å². The van der Waals surface area contributed by atoms with Crippen LogP contribution < -0.4 is 10.2 Å². The number of pyridine rings is 1. The molecule has 1 saturated heterocycles. The number of anilines is 3. The highest BCUT2D eigenvalue weighted by Gasteiger charge is 2.30. The fourth-order valence-electron chi connectivity index (χ4n) is 4.92. The number of nitrogens with zero attached hydrogens (tertiary/aromatic N) is 6. The quantitative estimate of drug-likeness (QED) is 0.375. The first kappa shape index (κ1) is 24.2. The molecule has 0 amide bonds. The third-order valence-corrected chi connectivity index (χ3v) is 7.66. The van der Waals surface area contributed by atoms with Crippen LogP contribution in [-0.4, -0.2) is 54.0 Å². The first-order chi connectivity index (χ1) is 17.1. The van der Waals surface area contributed by atoms with Crippen LogP contribution in [0.1, 0.15) is 31.0 Å². The van der Waals surface area contributed by atoms with Gasteiger partial charge < -0.3 is 10.2 Å². The molecular weight excluding hydrogens is 472 g/mol. The van der Waals surface area contributed by atoms with Gasteiger partial charge in [0.1, 0.15) is 11.6 Å². The average Bonchev–Trinajstić information content (AvgIpc) is 3.12. The van der Waals surface area contributed by atoms with E-state index in [2.05, 4.69) is 52.3 Å². The maximum Gasteiger partial charge on any atom is 0.164 e. The van der Waals surface area contributed by atoms with Crippen LogP contribution in [0.3, 0.4) is 0 Å². The van der Waals surface area contributed by atoms with Gasteiger partial charge >= 0.3 is 0 Å². The molecule has 9 nitrogen and oxygen atoms in total. The molecule has 1 atom stereocenters. The second-order valence-electron chi connectivity index (χ2n) is 10.1. The topological polar surface area (TPSA) is 113 Å². The van der Waals surface area contributed by atoms with Gasteiger partial charge in [-0.2, -0.15) is 5.10 Å². The van der Waals surface area contributed by atoms with Crippen molar-refractivity contribution in [3.8, 4) is 11.4 Å². The Labute approximate surface area is 212 Å². The molecule has 1 unspecified atom stereocenters. The molecule has 1 aliphatic heterocycles. The second-order valence-corrected chi connectivity index (χ2v) is 12.4. The smallest absolute Gasteiger partial charge is 0.164 e. The average molecular weight is 505 g/mol. The van der Waals surface area contributed by atoms with E-state index < -0.39 is 9.73 Å². The largest absolute Gasteiger partial charge is 0.370 e. The van der Waals surface area contributed by atoms with Gasteiger partial charge in [0.05, 0.1) is 11.3 Å². The van der Waals surface area contributed by atoms with Crippen LogP contribution in [0.4, 0.5) is 17.3 Å². The van der Waals surface area contributed by atoms with E-state index in [1.165, 1.54) is 11.8 Å². The summed E-state index contributed by atoms with van der Waals surface area (Å²) < 4.78 is 21.4. The number of hydrogen-bond donors (Lipinski definition) is 2. The number of hydrogen-bond acceptors (Lipinski definition) is 8. The Hall–Kier alpha value is -3.53. The first-order valence-electron chi connectivity index (χ1n) is 12.1. The molecule has 0 bridgehead atoms. The second kappa shape index (κ2) is 9.16. The van der Waals surface area contributed by atoms with E-state index in [0.29, 0.717) is 29.2 Å². The van der Waals surface area contributed by atoms with Crippen molar-refractivity contribution in [2.45, 2.75) is 26.7 Å². The van der Waals surface area contributed by atoms with Gasteiger partial charge in [-0.05, 0) is 42.0 Å². The summed E-state index contributed by atoms with van der Waals surface area (Å²) in [4.78, 5) is 16.1. The van der Waals surface area contributed by atoms with Crippen LogP contribution in [0.5, 0.6) is 0 Å². The third-order valence-electron chi connectivity index (χ3n) is 6.55. The first-order valence-corrected chi connectivity index (χ1v) is 14.2. The zero-order valence-electron chi connectivity index (χ0n) is 21.3. The zero-order valence-corrected chi connectivity index (χ0v) is 22.1. The van der Waals surface area contributed by atoms with Crippen molar-refractivity contribution in [3.63, 3.8) is 0 Å². The Bertz CT molecular complexity index is 1540. The predicted octanol–water partition coefficient (Wildman–Crippen LogP) is 4.71. The fourth-order valence-corrected chi connectivity index (χ4v) is 6.03. The Morgan fingerprint density at radius 1 is 1.17 bits per heavy atom. The van der Waals surface area contributed by atoms with E-state index in [1.807, 2.05) is 32.4 Å². The van der Waals surface area contributed by atoms with Crippen LogP contribution in [0.15, 0.2) is 42.9 Å². The van der Waals surface area contributed by atoms with E-state index in [4.69, 9.17) is 14.7 Å². The lowest BCUT2D eigenvalue weighted by Gasteiger charge is -2.41. The Morgan fingerprint density at radius 2 is 1.94 bits per heavy atom. The van der Waals surface area contributed by atoms with Gasteiger partial charge in [0, 0.05) is 77.5 Å². The van der Waals surface area contributed by atoms with Gasteiger partial charge in [0.15, 0.2) is 5.82 Å². The minimum absolute atomic E-state index is 0.295. The Balaban J connectivity index is 1.45. The summed E-state index contributed by atoms with van der Waals surface area (Å²) in [6.45, 7) is 7.97. The summed E-state index contributed by atoms with van der Waals surface area (Å²) in [6, 6.07) is 8.28.